The molecule has 1 aromatic rings. The predicted octanol–water partition coefficient (Wildman–Crippen LogP) is 3.41. The molecule has 8 heteroatoms. The second-order valence-corrected chi connectivity index (χ2v) is 4.64. The summed E-state index contributed by atoms with van der Waals surface area (Å²) in [5, 5.41) is -0.592. The van der Waals surface area contributed by atoms with E-state index in [4.69, 9.17) is 11.6 Å². The normalized spacial score (nSPS) is 11.4. The molecule has 0 N–H and O–H groups in total. The fourth-order valence-electron chi connectivity index (χ4n) is 1.14. The second-order valence-electron chi connectivity index (χ2n) is 3.15. The summed E-state index contributed by atoms with van der Waals surface area (Å²) >= 11 is 6.33. The number of aromatic nitrogens is 1. The first kappa shape index (κ1) is 15.1. The molecule has 1 rings (SSSR count). The Bertz CT molecular complexity index is 440. The number of pyridine rings is 1. The van der Waals surface area contributed by atoms with Gasteiger partial charge in [-0.1, -0.05) is 11.6 Å². The van der Waals surface area contributed by atoms with Crippen LogP contribution in [0.2, 0.25) is 5.15 Å². The molecule has 0 atom stereocenters. The SMILES string of the molecule is COC(=O)CCSc1ccnc(Cl)c1C(F)(F)F. The lowest BCUT2D eigenvalue weighted by Crippen LogP contribution is -2.09. The molecule has 0 unspecified atom stereocenters. The maximum atomic E-state index is 12.7. The van der Waals surface area contributed by atoms with Crippen LogP contribution in [0.5, 0.6) is 0 Å². The smallest absolute Gasteiger partial charge is 0.420 e. The van der Waals surface area contributed by atoms with E-state index in [1.807, 2.05) is 0 Å². The number of hydrogen-bond acceptors (Lipinski definition) is 4. The van der Waals surface area contributed by atoms with Crippen molar-refractivity contribution in [2.24, 2.45) is 0 Å². The highest BCUT2D eigenvalue weighted by molar-refractivity contribution is 7.99. The Morgan fingerprint density at radius 3 is 2.78 bits per heavy atom. The van der Waals surface area contributed by atoms with Crippen LogP contribution in [-0.2, 0) is 15.7 Å². The van der Waals surface area contributed by atoms with Crippen molar-refractivity contribution in [1.82, 2.24) is 4.98 Å². The monoisotopic (exact) mass is 299 g/mol. The summed E-state index contributed by atoms with van der Waals surface area (Å²) in [4.78, 5) is 14.2. The summed E-state index contributed by atoms with van der Waals surface area (Å²) in [6.07, 6.45) is -3.35. The van der Waals surface area contributed by atoms with Gasteiger partial charge in [0.05, 0.1) is 13.5 Å². The first-order valence-corrected chi connectivity index (χ1v) is 6.14. The van der Waals surface area contributed by atoms with Crippen molar-refractivity contribution in [3.05, 3.63) is 23.0 Å². The topological polar surface area (TPSA) is 39.2 Å². The highest BCUT2D eigenvalue weighted by Crippen LogP contribution is 2.40. The van der Waals surface area contributed by atoms with Crippen LogP contribution in [0.3, 0.4) is 0 Å². The molecule has 18 heavy (non-hydrogen) atoms. The number of esters is 1. The lowest BCUT2D eigenvalue weighted by molar-refractivity contribution is -0.140. The predicted molar refractivity (Wildman–Crippen MR) is 61.6 cm³/mol. The van der Waals surface area contributed by atoms with E-state index in [0.717, 1.165) is 11.8 Å². The Morgan fingerprint density at radius 1 is 1.56 bits per heavy atom. The number of carbonyl (C=O) groups is 1. The van der Waals surface area contributed by atoms with Gasteiger partial charge in [0, 0.05) is 16.8 Å². The summed E-state index contributed by atoms with van der Waals surface area (Å²) in [6, 6.07) is 1.22. The number of methoxy groups -OCH3 is 1. The molecule has 0 saturated carbocycles. The van der Waals surface area contributed by atoms with Crippen LogP contribution in [0.4, 0.5) is 13.2 Å². The Balaban J connectivity index is 2.83. The van der Waals surface area contributed by atoms with E-state index in [-0.39, 0.29) is 17.1 Å². The number of rotatable bonds is 4. The van der Waals surface area contributed by atoms with Crippen molar-refractivity contribution < 1.29 is 22.7 Å². The number of halogens is 4. The highest BCUT2D eigenvalue weighted by atomic mass is 35.5. The summed E-state index contributed by atoms with van der Waals surface area (Å²) in [5.74, 6) is -0.299. The number of carbonyl (C=O) groups excluding carboxylic acids is 1. The van der Waals surface area contributed by atoms with Gasteiger partial charge in [-0.25, -0.2) is 4.98 Å². The Hall–Kier alpha value is -0.950. The van der Waals surface area contributed by atoms with Crippen molar-refractivity contribution in [3.63, 3.8) is 0 Å². The van der Waals surface area contributed by atoms with Gasteiger partial charge in [0.1, 0.15) is 10.7 Å². The molecule has 3 nitrogen and oxygen atoms in total. The van der Waals surface area contributed by atoms with Crippen molar-refractivity contribution in [2.45, 2.75) is 17.5 Å². The van der Waals surface area contributed by atoms with E-state index >= 15 is 0 Å². The van der Waals surface area contributed by atoms with Gasteiger partial charge in [-0.15, -0.1) is 11.8 Å². The highest BCUT2D eigenvalue weighted by Gasteiger charge is 2.36. The van der Waals surface area contributed by atoms with Crippen LogP contribution in [0, 0.1) is 0 Å². The fraction of sp³-hybridized carbons (Fsp3) is 0.400. The first-order chi connectivity index (χ1) is 8.36. The number of ether oxygens (including phenoxy) is 1. The molecule has 100 valence electrons. The number of nitrogens with zero attached hydrogens (tertiary/aromatic N) is 1. The van der Waals surface area contributed by atoms with Crippen LogP contribution < -0.4 is 0 Å². The molecule has 0 bridgehead atoms. The van der Waals surface area contributed by atoms with E-state index in [0.29, 0.717) is 0 Å². The minimum Gasteiger partial charge on any atom is -0.469 e. The standard InChI is InChI=1S/C10H9ClF3NO2S/c1-17-7(16)3-5-18-6-2-4-15-9(11)8(6)10(12,13)14/h2,4H,3,5H2,1H3. The number of hydrogen-bond donors (Lipinski definition) is 0. The van der Waals surface area contributed by atoms with E-state index in [1.54, 1.807) is 0 Å². The number of alkyl halides is 3. The van der Waals surface area contributed by atoms with Gasteiger partial charge in [0.2, 0.25) is 0 Å². The molecule has 0 aliphatic rings. The molecule has 1 aromatic heterocycles. The van der Waals surface area contributed by atoms with Gasteiger partial charge >= 0.3 is 12.1 Å². The average molecular weight is 300 g/mol. The number of thioether (sulfide) groups is 1. The van der Waals surface area contributed by atoms with E-state index in [2.05, 4.69) is 9.72 Å². The van der Waals surface area contributed by atoms with Gasteiger partial charge in [0.15, 0.2) is 0 Å². The summed E-state index contributed by atoms with van der Waals surface area (Å²) in [6.45, 7) is 0. The molecule has 1 heterocycles. The summed E-state index contributed by atoms with van der Waals surface area (Å²) in [7, 11) is 1.22. The zero-order chi connectivity index (χ0) is 13.8. The zero-order valence-corrected chi connectivity index (χ0v) is 10.8. The third-order valence-corrected chi connectivity index (χ3v) is 3.29. The molecule has 0 fully saturated rings. The zero-order valence-electron chi connectivity index (χ0n) is 9.25. The second kappa shape index (κ2) is 6.29. The van der Waals surface area contributed by atoms with Crippen LogP contribution >= 0.6 is 23.4 Å². The Labute approximate surface area is 111 Å². The maximum absolute atomic E-state index is 12.7. The first-order valence-electron chi connectivity index (χ1n) is 4.77. The fourth-order valence-corrected chi connectivity index (χ4v) is 2.47. The summed E-state index contributed by atoms with van der Waals surface area (Å²) < 4.78 is 42.6. The molecule has 0 aromatic carbocycles. The lowest BCUT2D eigenvalue weighted by atomic mass is 10.3. The molecule has 0 aliphatic heterocycles. The maximum Gasteiger partial charge on any atom is 0.420 e. The quantitative estimate of drug-likeness (QED) is 0.485. The van der Waals surface area contributed by atoms with Gasteiger partial charge in [-0.05, 0) is 6.07 Å². The van der Waals surface area contributed by atoms with Crippen LogP contribution in [0.15, 0.2) is 17.2 Å². The molecule has 0 saturated heterocycles. The Kier molecular flexibility index (Phi) is 5.28. The Morgan fingerprint density at radius 2 is 2.22 bits per heavy atom. The van der Waals surface area contributed by atoms with Crippen molar-refractivity contribution >= 4 is 29.3 Å². The van der Waals surface area contributed by atoms with Crippen LogP contribution in [0.25, 0.3) is 0 Å². The third-order valence-electron chi connectivity index (χ3n) is 1.94. The molecular weight excluding hydrogens is 291 g/mol. The lowest BCUT2D eigenvalue weighted by Gasteiger charge is -2.12. The van der Waals surface area contributed by atoms with E-state index < -0.39 is 22.9 Å². The molecular formula is C10H9ClF3NO2S. The minimum atomic E-state index is -4.57. The van der Waals surface area contributed by atoms with E-state index in [9.17, 15) is 18.0 Å². The van der Waals surface area contributed by atoms with E-state index in [1.165, 1.54) is 19.4 Å². The van der Waals surface area contributed by atoms with Crippen LogP contribution in [0.1, 0.15) is 12.0 Å². The molecule has 0 amide bonds. The summed E-state index contributed by atoms with van der Waals surface area (Å²) in [5.41, 5.74) is -0.971. The molecule has 0 aliphatic carbocycles. The average Bonchev–Trinajstić information content (AvgIpc) is 2.27. The minimum absolute atomic E-state index is 0.0262. The van der Waals surface area contributed by atoms with Crippen LogP contribution in [-0.4, -0.2) is 23.8 Å². The van der Waals surface area contributed by atoms with Gasteiger partial charge in [-0.2, -0.15) is 13.2 Å². The van der Waals surface area contributed by atoms with Crippen molar-refractivity contribution in [2.75, 3.05) is 12.9 Å². The van der Waals surface area contributed by atoms with Gasteiger partial charge in [-0.3, -0.25) is 4.79 Å². The largest absolute Gasteiger partial charge is 0.469 e. The van der Waals surface area contributed by atoms with Gasteiger partial charge in [0.25, 0.3) is 0 Å². The third kappa shape index (κ3) is 4.06. The molecule has 0 spiro atoms. The van der Waals surface area contributed by atoms with Crippen molar-refractivity contribution in [3.8, 4) is 0 Å². The molecule has 0 radical (unpaired) electrons. The van der Waals surface area contributed by atoms with Gasteiger partial charge < -0.3 is 4.74 Å². The van der Waals surface area contributed by atoms with Crippen molar-refractivity contribution in [1.29, 1.82) is 0 Å².